The van der Waals surface area contributed by atoms with Gasteiger partial charge in [-0.05, 0) is 48.8 Å². The first-order chi connectivity index (χ1) is 10.1. The zero-order valence-corrected chi connectivity index (χ0v) is 13.6. The second-order valence-electron chi connectivity index (χ2n) is 6.60. The Morgan fingerprint density at radius 2 is 1.81 bits per heavy atom. The van der Waals surface area contributed by atoms with Gasteiger partial charge in [-0.15, -0.1) is 0 Å². The third-order valence-electron chi connectivity index (χ3n) is 4.43. The maximum Gasteiger partial charge on any atom is 0.179 e. The van der Waals surface area contributed by atoms with Gasteiger partial charge >= 0.3 is 0 Å². The summed E-state index contributed by atoms with van der Waals surface area (Å²) in [7, 11) is 0. The number of fused-ring (bicyclic) bond motifs is 1. The summed E-state index contributed by atoms with van der Waals surface area (Å²) in [5, 5.41) is 4.33. The predicted molar refractivity (Wildman–Crippen MR) is 85.2 cm³/mol. The largest absolute Gasteiger partial charge is 0.486 e. The molecular formula is C17H24ClNO2. The Morgan fingerprint density at radius 1 is 1.10 bits per heavy atom. The Hall–Kier alpha value is -0.930. The van der Waals surface area contributed by atoms with Crippen molar-refractivity contribution in [3.8, 4) is 11.5 Å². The van der Waals surface area contributed by atoms with E-state index in [1.807, 2.05) is 12.1 Å². The van der Waals surface area contributed by atoms with Gasteiger partial charge in [-0.1, -0.05) is 25.4 Å². The van der Waals surface area contributed by atoms with Crippen molar-refractivity contribution in [1.29, 1.82) is 0 Å². The molecule has 1 saturated carbocycles. The Balaban J connectivity index is 1.64. The molecule has 1 fully saturated rings. The lowest BCUT2D eigenvalue weighted by Gasteiger charge is -2.32. The van der Waals surface area contributed by atoms with Crippen LogP contribution >= 0.6 is 11.6 Å². The maximum atomic E-state index is 6.28. The molecule has 2 unspecified atom stereocenters. The Morgan fingerprint density at radius 3 is 2.57 bits per heavy atom. The number of halogens is 1. The second-order valence-corrected chi connectivity index (χ2v) is 7.00. The van der Waals surface area contributed by atoms with Crippen LogP contribution in [0.4, 0.5) is 0 Å². The van der Waals surface area contributed by atoms with Gasteiger partial charge in [0.15, 0.2) is 11.5 Å². The van der Waals surface area contributed by atoms with Crippen molar-refractivity contribution in [3.63, 3.8) is 0 Å². The fourth-order valence-corrected chi connectivity index (χ4v) is 3.93. The van der Waals surface area contributed by atoms with Gasteiger partial charge < -0.3 is 14.8 Å². The summed E-state index contributed by atoms with van der Waals surface area (Å²) in [6.45, 7) is 6.71. The molecule has 0 saturated heterocycles. The molecule has 2 atom stereocenters. The molecule has 21 heavy (non-hydrogen) atoms. The number of rotatable bonds is 3. The van der Waals surface area contributed by atoms with Gasteiger partial charge in [0.2, 0.25) is 0 Å². The van der Waals surface area contributed by atoms with Crippen LogP contribution in [-0.2, 0) is 6.54 Å². The summed E-state index contributed by atoms with van der Waals surface area (Å²) >= 11 is 6.28. The van der Waals surface area contributed by atoms with E-state index in [9.17, 15) is 0 Å². The summed E-state index contributed by atoms with van der Waals surface area (Å²) in [6.07, 6.45) is 3.89. The van der Waals surface area contributed by atoms with Gasteiger partial charge in [-0.3, -0.25) is 0 Å². The summed E-state index contributed by atoms with van der Waals surface area (Å²) in [5.74, 6) is 3.09. The van der Waals surface area contributed by atoms with Gasteiger partial charge in [0.25, 0.3) is 0 Å². The van der Waals surface area contributed by atoms with E-state index in [-0.39, 0.29) is 0 Å². The lowest BCUT2D eigenvalue weighted by molar-refractivity contribution is 0.171. The lowest BCUT2D eigenvalue weighted by Crippen LogP contribution is -2.35. The summed E-state index contributed by atoms with van der Waals surface area (Å²) in [6, 6.07) is 4.64. The van der Waals surface area contributed by atoms with Crippen molar-refractivity contribution in [3.05, 3.63) is 22.7 Å². The maximum absolute atomic E-state index is 6.28. The van der Waals surface area contributed by atoms with E-state index in [1.165, 1.54) is 19.3 Å². The molecule has 1 heterocycles. The highest BCUT2D eigenvalue weighted by Gasteiger charge is 2.23. The summed E-state index contributed by atoms with van der Waals surface area (Å²) in [5.41, 5.74) is 1.16. The van der Waals surface area contributed by atoms with Crippen LogP contribution in [0.25, 0.3) is 0 Å². The number of nitrogens with one attached hydrogen (secondary N) is 1. The Labute approximate surface area is 132 Å². The molecule has 1 aliphatic carbocycles. The first kappa shape index (κ1) is 15.0. The molecule has 0 radical (unpaired) electrons. The molecule has 2 aliphatic rings. The SMILES string of the molecule is CC1CC(C)CC(NCc2cc(Cl)c3c(c2)OCCO3)C1. The Kier molecular flexibility index (Phi) is 4.60. The first-order valence-corrected chi connectivity index (χ1v) is 8.31. The van der Waals surface area contributed by atoms with Crippen LogP contribution in [0.15, 0.2) is 12.1 Å². The van der Waals surface area contributed by atoms with Gasteiger partial charge in [-0.2, -0.15) is 0 Å². The van der Waals surface area contributed by atoms with E-state index in [4.69, 9.17) is 21.1 Å². The lowest BCUT2D eigenvalue weighted by atomic mass is 9.80. The second kappa shape index (κ2) is 6.45. The highest BCUT2D eigenvalue weighted by Crippen LogP contribution is 2.38. The fourth-order valence-electron chi connectivity index (χ4n) is 3.64. The zero-order valence-electron chi connectivity index (χ0n) is 12.8. The number of hydrogen-bond donors (Lipinski definition) is 1. The quantitative estimate of drug-likeness (QED) is 0.914. The van der Waals surface area contributed by atoms with Crippen LogP contribution in [0.3, 0.4) is 0 Å². The van der Waals surface area contributed by atoms with E-state index in [0.29, 0.717) is 30.0 Å². The zero-order chi connectivity index (χ0) is 14.8. The number of ether oxygens (including phenoxy) is 2. The normalized spacial score (nSPS) is 28.4. The van der Waals surface area contributed by atoms with Crippen molar-refractivity contribution in [1.82, 2.24) is 5.32 Å². The molecule has 1 N–H and O–H groups in total. The molecule has 1 aliphatic heterocycles. The average Bonchev–Trinajstić information content (AvgIpc) is 2.44. The van der Waals surface area contributed by atoms with Crippen molar-refractivity contribution >= 4 is 11.6 Å². The molecule has 4 heteroatoms. The van der Waals surface area contributed by atoms with Gasteiger partial charge in [0, 0.05) is 12.6 Å². The molecule has 0 bridgehead atoms. The van der Waals surface area contributed by atoms with Crippen LogP contribution < -0.4 is 14.8 Å². The third kappa shape index (κ3) is 3.64. The number of benzene rings is 1. The van der Waals surface area contributed by atoms with Crippen molar-refractivity contribution in [2.75, 3.05) is 13.2 Å². The van der Waals surface area contributed by atoms with Gasteiger partial charge in [0.1, 0.15) is 13.2 Å². The van der Waals surface area contributed by atoms with E-state index in [2.05, 4.69) is 19.2 Å². The van der Waals surface area contributed by atoms with Crippen LogP contribution in [0.1, 0.15) is 38.7 Å². The van der Waals surface area contributed by atoms with Crippen LogP contribution in [-0.4, -0.2) is 19.3 Å². The molecule has 1 aromatic carbocycles. The summed E-state index contributed by atoms with van der Waals surface area (Å²) in [4.78, 5) is 0. The molecular weight excluding hydrogens is 286 g/mol. The standard InChI is InChI=1S/C17H24ClNO2/c1-11-5-12(2)7-14(6-11)19-10-13-8-15(18)17-16(9-13)20-3-4-21-17/h8-9,11-12,14,19H,3-7,10H2,1-2H3. The molecule has 0 spiro atoms. The van der Waals surface area contributed by atoms with E-state index >= 15 is 0 Å². The van der Waals surface area contributed by atoms with Crippen molar-refractivity contribution in [2.24, 2.45) is 11.8 Å². The van der Waals surface area contributed by atoms with E-state index in [0.717, 1.165) is 29.7 Å². The predicted octanol–water partition coefficient (Wildman–Crippen LogP) is 4.03. The smallest absolute Gasteiger partial charge is 0.179 e. The summed E-state index contributed by atoms with van der Waals surface area (Å²) < 4.78 is 11.2. The molecule has 1 aromatic rings. The molecule has 116 valence electrons. The van der Waals surface area contributed by atoms with Gasteiger partial charge in [-0.25, -0.2) is 0 Å². The monoisotopic (exact) mass is 309 g/mol. The highest BCUT2D eigenvalue weighted by atomic mass is 35.5. The fraction of sp³-hybridized carbons (Fsp3) is 0.647. The molecule has 3 rings (SSSR count). The van der Waals surface area contributed by atoms with Crippen LogP contribution in [0.5, 0.6) is 11.5 Å². The topological polar surface area (TPSA) is 30.5 Å². The first-order valence-electron chi connectivity index (χ1n) is 7.93. The third-order valence-corrected chi connectivity index (χ3v) is 4.71. The van der Waals surface area contributed by atoms with Crippen molar-refractivity contribution in [2.45, 2.75) is 45.7 Å². The minimum absolute atomic E-state index is 0.572. The highest BCUT2D eigenvalue weighted by molar-refractivity contribution is 6.32. The minimum atomic E-state index is 0.572. The Bertz CT molecular complexity index is 496. The van der Waals surface area contributed by atoms with Crippen LogP contribution in [0.2, 0.25) is 5.02 Å². The average molecular weight is 310 g/mol. The molecule has 3 nitrogen and oxygen atoms in total. The van der Waals surface area contributed by atoms with E-state index < -0.39 is 0 Å². The molecule has 0 aromatic heterocycles. The minimum Gasteiger partial charge on any atom is -0.486 e. The van der Waals surface area contributed by atoms with E-state index in [1.54, 1.807) is 0 Å². The van der Waals surface area contributed by atoms with Crippen molar-refractivity contribution < 1.29 is 9.47 Å². The van der Waals surface area contributed by atoms with Gasteiger partial charge in [0.05, 0.1) is 5.02 Å². The number of hydrogen-bond acceptors (Lipinski definition) is 3. The van der Waals surface area contributed by atoms with Crippen LogP contribution in [0, 0.1) is 11.8 Å². The molecule has 0 amide bonds.